The molecule has 1 N–H and O–H groups in total. The van der Waals surface area contributed by atoms with Gasteiger partial charge in [-0.15, -0.1) is 0 Å². The molecule has 2 saturated heterocycles. The van der Waals surface area contributed by atoms with E-state index >= 15 is 0 Å². The van der Waals surface area contributed by atoms with E-state index in [4.69, 9.17) is 9.47 Å². The van der Waals surface area contributed by atoms with Crippen LogP contribution < -0.4 is 5.32 Å². The molecule has 0 radical (unpaired) electrons. The molecule has 2 aliphatic heterocycles. The summed E-state index contributed by atoms with van der Waals surface area (Å²) >= 11 is 0. The Morgan fingerprint density at radius 3 is 1.77 bits per heavy atom. The maximum atomic E-state index is 14.0. The Morgan fingerprint density at radius 1 is 0.729 bits per heavy atom. The van der Waals surface area contributed by atoms with Crippen molar-refractivity contribution in [3.05, 3.63) is 0 Å². The lowest BCUT2D eigenvalue weighted by Gasteiger charge is -2.36. The molecule has 4 amide bonds. The second kappa shape index (κ2) is 18.0. The van der Waals surface area contributed by atoms with Crippen molar-refractivity contribution in [3.8, 4) is 0 Å². The van der Waals surface area contributed by atoms with Gasteiger partial charge in [0, 0.05) is 20.6 Å². The number of carbonyl (C=O) groups is 6. The molecular formula is C36H62N4O8. The van der Waals surface area contributed by atoms with E-state index in [1.807, 2.05) is 13.8 Å². The van der Waals surface area contributed by atoms with Gasteiger partial charge in [-0.1, -0.05) is 82.1 Å². The van der Waals surface area contributed by atoms with Gasteiger partial charge in [0.2, 0.25) is 17.7 Å². The fraction of sp³-hybridized carbons (Fsp3) is 0.833. The van der Waals surface area contributed by atoms with Gasteiger partial charge in [0.05, 0.1) is 5.92 Å². The van der Waals surface area contributed by atoms with E-state index in [9.17, 15) is 28.8 Å². The maximum Gasteiger partial charge on any atom is 0.329 e. The Hall–Kier alpha value is -3.18. The predicted octanol–water partition coefficient (Wildman–Crippen LogP) is 3.79. The molecule has 2 heterocycles. The molecule has 12 nitrogen and oxygen atoms in total. The summed E-state index contributed by atoms with van der Waals surface area (Å²) in [6.45, 7) is 18.4. The number of nitrogens with one attached hydrogen (secondary N) is 1. The van der Waals surface area contributed by atoms with E-state index in [0.29, 0.717) is 25.8 Å². The van der Waals surface area contributed by atoms with Crippen LogP contribution in [0.15, 0.2) is 0 Å². The number of amides is 4. The summed E-state index contributed by atoms with van der Waals surface area (Å²) in [7, 11) is 3.04. The first-order valence-electron chi connectivity index (χ1n) is 17.9. The van der Waals surface area contributed by atoms with Crippen LogP contribution in [-0.2, 0) is 38.2 Å². The Morgan fingerprint density at radius 2 is 1.27 bits per heavy atom. The van der Waals surface area contributed by atoms with Crippen LogP contribution in [-0.4, -0.2) is 107 Å². The van der Waals surface area contributed by atoms with E-state index in [1.54, 1.807) is 55.5 Å². The molecule has 0 aromatic heterocycles. The normalized spacial score (nSPS) is 29.2. The molecule has 2 unspecified atom stereocenters. The summed E-state index contributed by atoms with van der Waals surface area (Å²) in [4.78, 5) is 87.7. The van der Waals surface area contributed by atoms with Crippen LogP contribution in [0.1, 0.15) is 108 Å². The van der Waals surface area contributed by atoms with Crippen molar-refractivity contribution in [2.75, 3.05) is 20.6 Å². The van der Waals surface area contributed by atoms with Crippen LogP contribution in [0.5, 0.6) is 0 Å². The van der Waals surface area contributed by atoms with E-state index in [0.717, 1.165) is 19.3 Å². The van der Waals surface area contributed by atoms with Crippen LogP contribution in [0.4, 0.5) is 0 Å². The number of hydrogen-bond acceptors (Lipinski definition) is 8. The number of rotatable bonds is 8. The summed E-state index contributed by atoms with van der Waals surface area (Å²) in [6, 6.07) is -3.83. The quantitative estimate of drug-likeness (QED) is 0.302. The zero-order chi connectivity index (χ0) is 36.6. The highest BCUT2D eigenvalue weighted by atomic mass is 16.6. The van der Waals surface area contributed by atoms with Crippen molar-refractivity contribution in [2.24, 2.45) is 29.6 Å². The molecular weight excluding hydrogens is 616 g/mol. The highest BCUT2D eigenvalue weighted by Crippen LogP contribution is 2.27. The van der Waals surface area contributed by atoms with Gasteiger partial charge >= 0.3 is 11.9 Å². The summed E-state index contributed by atoms with van der Waals surface area (Å²) in [5.74, 6) is -5.45. The molecule has 0 saturated carbocycles. The molecule has 2 rings (SSSR count). The van der Waals surface area contributed by atoms with Crippen molar-refractivity contribution < 1.29 is 38.2 Å². The smallest absolute Gasteiger partial charge is 0.329 e. The number of ether oxygens (including phenoxy) is 2. The third-order valence-corrected chi connectivity index (χ3v) is 9.75. The van der Waals surface area contributed by atoms with E-state index in [-0.39, 0.29) is 17.8 Å². The van der Waals surface area contributed by atoms with Gasteiger partial charge in [-0.2, -0.15) is 0 Å². The molecule has 7 atom stereocenters. The Labute approximate surface area is 288 Å². The second-order valence-corrected chi connectivity index (χ2v) is 15.1. The van der Waals surface area contributed by atoms with Crippen molar-refractivity contribution in [2.45, 2.75) is 144 Å². The molecule has 0 bridgehead atoms. The lowest BCUT2D eigenvalue weighted by molar-refractivity contribution is -0.172. The Kier molecular flexibility index (Phi) is 15.4. The van der Waals surface area contributed by atoms with Crippen LogP contribution in [0, 0.1) is 29.6 Å². The van der Waals surface area contributed by atoms with Gasteiger partial charge in [-0.05, 0) is 49.4 Å². The monoisotopic (exact) mass is 678 g/mol. The minimum absolute atomic E-state index is 0.299. The van der Waals surface area contributed by atoms with Crippen LogP contribution in [0.25, 0.3) is 0 Å². The third kappa shape index (κ3) is 9.71. The topological polar surface area (TPSA) is 143 Å². The standard InChI is InChI=1S/C36H62N4O8/c1-13-14-15-18-26-24(10)31(41)37-27(20(2)3)33(43)39(12)29(22(6)7)36(46)48-30(23(8)9)34(44)40-19-16-17-25(40)32(42)38(11)28(21(4)5)35(45)47-26/h20-30H,13-19H2,1-12H3,(H,37,41)/t24-,25-,26?,27-,28+,29?,30-/m0/s1. The number of unbranched alkanes of at least 4 members (excludes halogenated alkanes) is 2. The van der Waals surface area contributed by atoms with Crippen LogP contribution in [0.2, 0.25) is 0 Å². The largest absolute Gasteiger partial charge is 0.460 e. The molecule has 2 fully saturated rings. The van der Waals surface area contributed by atoms with Gasteiger partial charge in [-0.3, -0.25) is 19.2 Å². The molecule has 2 aliphatic rings. The fourth-order valence-corrected chi connectivity index (χ4v) is 6.79. The van der Waals surface area contributed by atoms with E-state index in [1.165, 1.54) is 21.7 Å². The predicted molar refractivity (Wildman–Crippen MR) is 182 cm³/mol. The fourth-order valence-electron chi connectivity index (χ4n) is 6.79. The second-order valence-electron chi connectivity index (χ2n) is 15.1. The van der Waals surface area contributed by atoms with Crippen molar-refractivity contribution in [1.82, 2.24) is 20.0 Å². The van der Waals surface area contributed by atoms with Crippen LogP contribution >= 0.6 is 0 Å². The van der Waals surface area contributed by atoms with Gasteiger partial charge in [0.25, 0.3) is 5.91 Å². The number of carbonyl (C=O) groups excluding carboxylic acids is 6. The number of fused-ring (bicyclic) bond motifs is 1. The van der Waals surface area contributed by atoms with Crippen molar-refractivity contribution in [3.63, 3.8) is 0 Å². The van der Waals surface area contributed by atoms with Gasteiger partial charge in [-0.25, -0.2) is 9.59 Å². The first-order valence-corrected chi connectivity index (χ1v) is 17.9. The molecule has 0 aliphatic carbocycles. The SMILES string of the molecule is CCCCCC1OC(=O)[C@@H](C(C)C)N(C)C(=O)[C@@H]2CCCN2C(=O)[C@H](C(C)C)OC(=O)C(C(C)C)N(C)C(=O)[C@H](C(C)C)NC(=O)[C@H]1C. The molecule has 0 aromatic rings. The van der Waals surface area contributed by atoms with Crippen molar-refractivity contribution >= 4 is 35.6 Å². The summed E-state index contributed by atoms with van der Waals surface area (Å²) < 4.78 is 12.0. The average Bonchev–Trinajstić information content (AvgIpc) is 3.49. The number of cyclic esters (lactones) is 2. The minimum Gasteiger partial charge on any atom is -0.460 e. The van der Waals surface area contributed by atoms with Gasteiger partial charge in [0.15, 0.2) is 6.10 Å². The lowest BCUT2D eigenvalue weighted by atomic mass is 9.94. The molecule has 0 spiro atoms. The number of hydrogen-bond donors (Lipinski definition) is 1. The summed E-state index contributed by atoms with van der Waals surface area (Å²) in [5, 5.41) is 2.88. The molecule has 0 aromatic carbocycles. The maximum absolute atomic E-state index is 14.0. The highest BCUT2D eigenvalue weighted by Gasteiger charge is 2.45. The average molecular weight is 679 g/mol. The van der Waals surface area contributed by atoms with Gasteiger partial charge in [0.1, 0.15) is 30.3 Å². The number of esters is 2. The minimum atomic E-state index is -1.20. The zero-order valence-electron chi connectivity index (χ0n) is 31.4. The molecule has 48 heavy (non-hydrogen) atoms. The third-order valence-electron chi connectivity index (χ3n) is 9.75. The van der Waals surface area contributed by atoms with Crippen molar-refractivity contribution in [1.29, 1.82) is 0 Å². The first-order chi connectivity index (χ1) is 22.4. The Bertz CT molecular complexity index is 1150. The number of likely N-dealkylation sites (N-methyl/N-ethyl adjacent to an activating group) is 2. The molecule has 274 valence electrons. The first kappa shape index (κ1) is 41.0. The van der Waals surface area contributed by atoms with E-state index < -0.39 is 83.8 Å². The lowest BCUT2D eigenvalue weighted by Crippen LogP contribution is -2.57. The number of nitrogens with zero attached hydrogens (tertiary/aromatic N) is 3. The summed E-state index contributed by atoms with van der Waals surface area (Å²) in [5.41, 5.74) is 0. The zero-order valence-corrected chi connectivity index (χ0v) is 31.4. The summed E-state index contributed by atoms with van der Waals surface area (Å²) in [6.07, 6.45) is 1.92. The highest BCUT2D eigenvalue weighted by molar-refractivity contribution is 5.95. The van der Waals surface area contributed by atoms with E-state index in [2.05, 4.69) is 12.2 Å². The van der Waals surface area contributed by atoms with Crippen LogP contribution in [0.3, 0.4) is 0 Å². The van der Waals surface area contributed by atoms with Gasteiger partial charge < -0.3 is 29.5 Å². The molecule has 12 heteroatoms. The Balaban J connectivity index is 2.71.